The van der Waals surface area contributed by atoms with Crippen LogP contribution < -0.4 is 20.4 Å². The molecule has 0 aromatic heterocycles. The van der Waals surface area contributed by atoms with E-state index in [0.717, 1.165) is 56.0 Å². The van der Waals surface area contributed by atoms with Gasteiger partial charge in [-0.25, -0.2) is 9.59 Å². The van der Waals surface area contributed by atoms with Crippen LogP contribution in [0.3, 0.4) is 0 Å². The summed E-state index contributed by atoms with van der Waals surface area (Å²) < 4.78 is 39.0. The Balaban J connectivity index is 0.000000212. The highest BCUT2D eigenvalue weighted by Gasteiger charge is 2.38. The quantitative estimate of drug-likeness (QED) is 0.0797. The zero-order valence-corrected chi connectivity index (χ0v) is 42.2. The topological polar surface area (TPSA) is 207 Å². The number of carbonyl (C=O) groups excluding carboxylic acids is 3. The first-order chi connectivity index (χ1) is 34.2. The maximum Gasteiger partial charge on any atom is 0.492 e. The molecule has 0 bridgehead atoms. The number of carboxylic acids is 1. The third-order valence-corrected chi connectivity index (χ3v) is 12.1. The van der Waals surface area contributed by atoms with Gasteiger partial charge in [-0.15, -0.1) is 0 Å². The fraction of sp³-hybridized carbons (Fsp3) is 0.462. The molecule has 2 unspecified atom stereocenters. The predicted molar refractivity (Wildman–Crippen MR) is 268 cm³/mol. The average molecular weight is 993 g/mol. The summed E-state index contributed by atoms with van der Waals surface area (Å²) in [6.07, 6.45) is -1.92. The molecule has 18 nitrogen and oxygen atoms in total. The molecule has 2 atom stereocenters. The van der Waals surface area contributed by atoms with E-state index in [2.05, 4.69) is 9.80 Å². The lowest BCUT2D eigenvalue weighted by atomic mass is 9.79. The van der Waals surface area contributed by atoms with Crippen LogP contribution in [0.25, 0.3) is 0 Å². The summed E-state index contributed by atoms with van der Waals surface area (Å²) in [5.41, 5.74) is 3.71. The zero-order valence-electron chi connectivity index (χ0n) is 42.2. The molecule has 0 aliphatic carbocycles. The smallest absolute Gasteiger partial charge is 0.481 e. The number of piperazine rings is 2. The van der Waals surface area contributed by atoms with Crippen LogP contribution in [0, 0.1) is 0 Å². The van der Waals surface area contributed by atoms with Crippen molar-refractivity contribution in [1.29, 1.82) is 0 Å². The number of ether oxygens (including phenoxy) is 5. The molecule has 72 heavy (non-hydrogen) atoms. The molecule has 2 amide bonds. The predicted octanol–water partition coefficient (Wildman–Crippen LogP) is 6.01. The van der Waals surface area contributed by atoms with Crippen LogP contribution in [-0.2, 0) is 46.2 Å². The first-order valence-corrected chi connectivity index (χ1v) is 24.4. The Morgan fingerprint density at radius 1 is 0.583 bits per heavy atom. The van der Waals surface area contributed by atoms with E-state index in [-0.39, 0.29) is 31.0 Å². The lowest BCUT2D eigenvalue weighted by Crippen LogP contribution is -2.49. The van der Waals surface area contributed by atoms with E-state index in [4.69, 9.17) is 38.1 Å². The number of esters is 1. The maximum absolute atomic E-state index is 12.3. The molecule has 4 heterocycles. The molecule has 4 aromatic rings. The fourth-order valence-electron chi connectivity index (χ4n) is 8.73. The highest BCUT2D eigenvalue weighted by atomic mass is 16.6. The summed E-state index contributed by atoms with van der Waals surface area (Å²) in [7, 11) is -2.30. The summed E-state index contributed by atoms with van der Waals surface area (Å²) in [5.74, 6) is 1.09. The lowest BCUT2D eigenvalue weighted by Gasteiger charge is -2.35. The molecular formula is C52H66B2N4O14. The number of benzene rings is 4. The van der Waals surface area contributed by atoms with Gasteiger partial charge < -0.3 is 57.9 Å². The number of amides is 2. The lowest BCUT2D eigenvalue weighted by molar-refractivity contribution is -0.145. The van der Waals surface area contributed by atoms with Crippen LogP contribution in [0.4, 0.5) is 9.59 Å². The van der Waals surface area contributed by atoms with Crippen molar-refractivity contribution in [3.63, 3.8) is 0 Å². The summed E-state index contributed by atoms with van der Waals surface area (Å²) in [4.78, 5) is 55.6. The molecule has 384 valence electrons. The molecule has 0 radical (unpaired) electrons. The standard InChI is InChI=1S/C27H35BN2O7.C25H31BN2O7/c1-5-34-25(31)17-24-22-10-9-21(16-23(22)28(33)37-24)35-20-8-6-7-19(15-20)18-29-11-13-30(14-12-29)26(32)36-27(2,3)4;1-25(2,3)34-24(31)28-11-9-27(10-12-28)16-17-5-4-6-18(13-17)33-19-7-8-20-21(14-19)26(32)35-22(20)15-23(29)30/h6-10,15-16,24,33H,5,11-14,17-18H2,1-4H3;4-8,13-14,22,32H,9-12,15-16H2,1-3H3,(H,29,30). The number of carboxylic acid groups (broad SMARTS) is 1. The van der Waals surface area contributed by atoms with Crippen LogP contribution in [0.1, 0.15) is 95.8 Å². The van der Waals surface area contributed by atoms with Gasteiger partial charge in [0.05, 0.1) is 31.7 Å². The van der Waals surface area contributed by atoms with Gasteiger partial charge in [0.15, 0.2) is 0 Å². The van der Waals surface area contributed by atoms with Gasteiger partial charge in [-0.3, -0.25) is 19.4 Å². The van der Waals surface area contributed by atoms with E-state index in [1.165, 1.54) is 0 Å². The fourth-order valence-corrected chi connectivity index (χ4v) is 8.73. The highest BCUT2D eigenvalue weighted by molar-refractivity contribution is 6.62. The van der Waals surface area contributed by atoms with Gasteiger partial charge in [-0.1, -0.05) is 36.4 Å². The highest BCUT2D eigenvalue weighted by Crippen LogP contribution is 2.33. The number of hydrogen-bond donors (Lipinski definition) is 3. The van der Waals surface area contributed by atoms with Crippen molar-refractivity contribution in [3.05, 3.63) is 107 Å². The minimum atomic E-state index is -1.18. The van der Waals surface area contributed by atoms with Crippen molar-refractivity contribution in [2.75, 3.05) is 59.0 Å². The first-order valence-electron chi connectivity index (χ1n) is 24.4. The maximum atomic E-state index is 12.3. The van der Waals surface area contributed by atoms with Crippen LogP contribution in [-0.4, -0.2) is 143 Å². The van der Waals surface area contributed by atoms with Gasteiger partial charge in [0.2, 0.25) is 0 Å². The first kappa shape index (κ1) is 53.6. The molecule has 4 aromatic carbocycles. The Hall–Kier alpha value is -6.15. The molecular weight excluding hydrogens is 926 g/mol. The monoisotopic (exact) mass is 992 g/mol. The Labute approximate surface area is 421 Å². The van der Waals surface area contributed by atoms with Crippen molar-refractivity contribution in [2.45, 2.75) is 97.8 Å². The van der Waals surface area contributed by atoms with Gasteiger partial charge >= 0.3 is 38.4 Å². The molecule has 0 saturated carbocycles. The van der Waals surface area contributed by atoms with Crippen LogP contribution in [0.15, 0.2) is 84.9 Å². The van der Waals surface area contributed by atoms with Gasteiger partial charge in [0.25, 0.3) is 0 Å². The largest absolute Gasteiger partial charge is 0.492 e. The van der Waals surface area contributed by atoms with E-state index < -0.39 is 43.6 Å². The average Bonchev–Trinajstić information content (AvgIpc) is 3.78. The molecule has 4 aliphatic rings. The van der Waals surface area contributed by atoms with E-state index in [1.807, 2.05) is 96.1 Å². The minimum Gasteiger partial charge on any atom is -0.481 e. The summed E-state index contributed by atoms with van der Waals surface area (Å²) >= 11 is 0. The van der Waals surface area contributed by atoms with E-state index >= 15 is 0 Å². The van der Waals surface area contributed by atoms with Crippen molar-refractivity contribution < 1.29 is 67.3 Å². The SMILES string of the molecule is CC(C)(C)OC(=O)N1CCN(Cc2cccc(Oc3ccc4c(c3)B(O)OC4CC(=O)O)c2)CC1.CCOC(=O)CC1OB(O)c2cc(Oc3cccc(CN4CCN(C(=O)OC(C)(C)C)CC4)c3)ccc21. The van der Waals surface area contributed by atoms with Crippen molar-refractivity contribution in [1.82, 2.24) is 19.6 Å². The van der Waals surface area contributed by atoms with Gasteiger partial charge in [0, 0.05) is 65.4 Å². The molecule has 2 fully saturated rings. The number of nitrogens with zero attached hydrogens (tertiary/aromatic N) is 4. The molecule has 2 saturated heterocycles. The second-order valence-electron chi connectivity index (χ2n) is 20.1. The molecule has 0 spiro atoms. The Morgan fingerprint density at radius 3 is 1.38 bits per heavy atom. The third-order valence-electron chi connectivity index (χ3n) is 12.1. The normalized spacial score (nSPS) is 18.1. The minimum absolute atomic E-state index is 0.0478. The number of carbonyl (C=O) groups is 4. The number of fused-ring (bicyclic) bond motifs is 2. The summed E-state index contributed by atoms with van der Waals surface area (Å²) in [6.45, 7) is 20.3. The number of rotatable bonds is 13. The summed E-state index contributed by atoms with van der Waals surface area (Å²) in [5, 5.41) is 29.6. The Kier molecular flexibility index (Phi) is 17.6. The number of aliphatic carboxylic acids is 1. The Bertz CT molecular complexity index is 2540. The van der Waals surface area contributed by atoms with E-state index in [9.17, 15) is 29.2 Å². The molecule has 3 N–H and O–H groups in total. The van der Waals surface area contributed by atoms with Crippen molar-refractivity contribution in [3.8, 4) is 23.0 Å². The second-order valence-corrected chi connectivity index (χ2v) is 20.1. The molecule has 4 aliphatic heterocycles. The van der Waals surface area contributed by atoms with Crippen LogP contribution >= 0.6 is 0 Å². The summed E-state index contributed by atoms with van der Waals surface area (Å²) in [6, 6.07) is 26.2. The zero-order chi connectivity index (χ0) is 51.7. The van der Waals surface area contributed by atoms with Gasteiger partial charge in [-0.05, 0) is 130 Å². The Morgan fingerprint density at radius 2 is 0.986 bits per heavy atom. The second kappa shape index (κ2) is 23.6. The molecule has 20 heteroatoms. The third kappa shape index (κ3) is 15.2. The van der Waals surface area contributed by atoms with Gasteiger partial charge in [-0.2, -0.15) is 0 Å². The van der Waals surface area contributed by atoms with Crippen LogP contribution in [0.5, 0.6) is 23.0 Å². The van der Waals surface area contributed by atoms with Gasteiger partial charge in [0.1, 0.15) is 34.2 Å². The van der Waals surface area contributed by atoms with Crippen molar-refractivity contribution >= 4 is 49.3 Å². The van der Waals surface area contributed by atoms with E-state index in [1.54, 1.807) is 47.1 Å². The molecule has 8 rings (SSSR count). The number of hydrogen-bond acceptors (Lipinski definition) is 15. The van der Waals surface area contributed by atoms with Crippen LogP contribution in [0.2, 0.25) is 0 Å². The van der Waals surface area contributed by atoms with Crippen molar-refractivity contribution in [2.24, 2.45) is 0 Å². The van der Waals surface area contributed by atoms with E-state index in [0.29, 0.717) is 72.3 Å².